The summed E-state index contributed by atoms with van der Waals surface area (Å²) in [6.45, 7) is 3.92. The van der Waals surface area contributed by atoms with Crippen molar-refractivity contribution in [3.8, 4) is 23.0 Å². The van der Waals surface area contributed by atoms with E-state index in [-0.39, 0.29) is 12.2 Å². The molecule has 4 rings (SSSR count). The Bertz CT molecular complexity index is 1560. The number of benzene rings is 3. The van der Waals surface area contributed by atoms with E-state index in [2.05, 4.69) is 37.1 Å². The maximum absolute atomic E-state index is 12.5. The number of hydrazone groups is 1. The lowest BCUT2D eigenvalue weighted by Gasteiger charge is -2.28. The molecular formula is C32H35BrN4O8. The van der Waals surface area contributed by atoms with Crippen molar-refractivity contribution in [3.63, 3.8) is 0 Å². The average molecular weight is 684 g/mol. The van der Waals surface area contributed by atoms with Crippen LogP contribution in [0.3, 0.4) is 0 Å². The molecule has 0 aromatic heterocycles. The highest BCUT2D eigenvalue weighted by atomic mass is 79.9. The number of aliphatic hydroxyl groups is 1. The average Bonchev–Trinajstić information content (AvgIpc) is 3.03. The number of esters is 1. The number of ether oxygens (including phenoxy) is 5. The molecule has 0 saturated heterocycles. The van der Waals surface area contributed by atoms with Crippen LogP contribution >= 0.6 is 15.9 Å². The number of nitrogens with one attached hydrogen (secondary N) is 3. The molecule has 3 aromatic rings. The smallest absolute Gasteiger partial charge is 0.337 e. The maximum atomic E-state index is 12.5. The second kappa shape index (κ2) is 15.8. The molecule has 0 aliphatic carbocycles. The number of aliphatic hydroxyl groups excluding tert-OH is 1. The van der Waals surface area contributed by atoms with E-state index in [1.54, 1.807) is 38.3 Å². The molecule has 238 valence electrons. The zero-order chi connectivity index (χ0) is 32.3. The Balaban J connectivity index is 1.42. The number of nitrogens with zero attached hydrogens (tertiary/aromatic N) is 1. The molecule has 0 saturated carbocycles. The summed E-state index contributed by atoms with van der Waals surface area (Å²) in [6.07, 6.45) is 0.346. The van der Waals surface area contributed by atoms with E-state index in [1.807, 2.05) is 43.3 Å². The Morgan fingerprint density at radius 1 is 1.07 bits per heavy atom. The van der Waals surface area contributed by atoms with Crippen molar-refractivity contribution in [1.29, 1.82) is 0 Å². The van der Waals surface area contributed by atoms with Gasteiger partial charge in [0.05, 0.1) is 38.7 Å². The lowest BCUT2D eigenvalue weighted by atomic mass is 9.95. The molecule has 3 aromatic carbocycles. The van der Waals surface area contributed by atoms with Gasteiger partial charge in [-0.1, -0.05) is 40.2 Å². The third-order valence-electron chi connectivity index (χ3n) is 6.63. The highest BCUT2D eigenvalue weighted by Crippen LogP contribution is 2.35. The first kappa shape index (κ1) is 33.1. The fourth-order valence-corrected chi connectivity index (χ4v) is 4.77. The van der Waals surface area contributed by atoms with Gasteiger partial charge in [0.25, 0.3) is 0 Å². The highest BCUT2D eigenvalue weighted by molar-refractivity contribution is 9.10. The molecule has 0 spiro atoms. The van der Waals surface area contributed by atoms with Crippen LogP contribution in [0.25, 0.3) is 0 Å². The molecule has 0 radical (unpaired) electrons. The second-order valence-electron chi connectivity index (χ2n) is 9.71. The van der Waals surface area contributed by atoms with Crippen molar-refractivity contribution in [1.82, 2.24) is 16.1 Å². The standard InChI is InChI=1S/C32H35BrN4O8/c1-5-43-26-15-21(29-28(31(39)42-4)19(2)35-32(40)36-29)11-14-24(26)44-18-27(38)37-34-16-22-7-6-8-25(41-3)30(22)45-17-20-9-12-23(33)13-10-20/h6-16,27,29,37-38H,5,17-18H2,1-4H3,(H2,35,36,40)/b34-16+/t27-,29+/m0/s1. The lowest BCUT2D eigenvalue weighted by Crippen LogP contribution is -2.45. The molecule has 0 unspecified atom stereocenters. The monoisotopic (exact) mass is 682 g/mol. The Morgan fingerprint density at radius 3 is 2.56 bits per heavy atom. The van der Waals surface area contributed by atoms with Crippen LogP contribution in [0.5, 0.6) is 23.0 Å². The van der Waals surface area contributed by atoms with Crippen molar-refractivity contribution in [2.75, 3.05) is 27.4 Å². The van der Waals surface area contributed by atoms with Crippen LogP contribution in [0.1, 0.15) is 36.6 Å². The van der Waals surface area contributed by atoms with Gasteiger partial charge in [-0.2, -0.15) is 5.10 Å². The summed E-state index contributed by atoms with van der Waals surface area (Å²) in [5.74, 6) is 1.19. The van der Waals surface area contributed by atoms with Gasteiger partial charge in [-0.25, -0.2) is 9.59 Å². The summed E-state index contributed by atoms with van der Waals surface area (Å²) in [4.78, 5) is 24.6. The van der Waals surface area contributed by atoms with Crippen molar-refractivity contribution >= 4 is 34.1 Å². The van der Waals surface area contributed by atoms with Gasteiger partial charge in [0.2, 0.25) is 0 Å². The topological polar surface area (TPSA) is 149 Å². The minimum Gasteiger partial charge on any atom is -0.493 e. The molecular weight excluding hydrogens is 648 g/mol. The molecule has 0 bridgehead atoms. The summed E-state index contributed by atoms with van der Waals surface area (Å²) in [5.41, 5.74) is 5.50. The van der Waals surface area contributed by atoms with Gasteiger partial charge in [-0.15, -0.1) is 0 Å². The van der Waals surface area contributed by atoms with Gasteiger partial charge >= 0.3 is 12.0 Å². The number of hydrogen-bond acceptors (Lipinski definition) is 10. The Morgan fingerprint density at radius 2 is 1.84 bits per heavy atom. The SMILES string of the molecule is CCOc1cc([C@H]2NC(=O)NC(C)=C2C(=O)OC)ccc1OC[C@H](O)N/N=C/c1cccc(OC)c1OCc1ccc(Br)cc1. The zero-order valence-corrected chi connectivity index (χ0v) is 26.8. The van der Waals surface area contributed by atoms with Crippen LogP contribution in [0, 0.1) is 0 Å². The third kappa shape index (κ3) is 8.67. The normalized spacial score (nSPS) is 15.2. The first-order valence-electron chi connectivity index (χ1n) is 14.0. The van der Waals surface area contributed by atoms with Gasteiger partial charge in [0.15, 0.2) is 29.2 Å². The Kier molecular flexibility index (Phi) is 11.7. The van der Waals surface area contributed by atoms with Gasteiger partial charge < -0.3 is 39.4 Å². The van der Waals surface area contributed by atoms with E-state index in [0.29, 0.717) is 53.0 Å². The molecule has 1 aliphatic heterocycles. The van der Waals surface area contributed by atoms with Crippen molar-refractivity contribution in [2.24, 2.45) is 5.10 Å². The van der Waals surface area contributed by atoms with Gasteiger partial charge in [0.1, 0.15) is 13.2 Å². The van der Waals surface area contributed by atoms with Crippen LogP contribution in [-0.4, -0.2) is 57.0 Å². The number of methoxy groups -OCH3 is 2. The van der Waals surface area contributed by atoms with E-state index in [4.69, 9.17) is 23.7 Å². The fraction of sp³-hybridized carbons (Fsp3) is 0.281. The molecule has 45 heavy (non-hydrogen) atoms. The van der Waals surface area contributed by atoms with Crippen LogP contribution in [-0.2, 0) is 16.1 Å². The molecule has 1 aliphatic rings. The van der Waals surface area contributed by atoms with E-state index in [1.165, 1.54) is 13.3 Å². The summed E-state index contributed by atoms with van der Waals surface area (Å²) in [6, 6.07) is 17.0. The predicted molar refractivity (Wildman–Crippen MR) is 170 cm³/mol. The van der Waals surface area contributed by atoms with Crippen molar-refractivity contribution in [3.05, 3.63) is 93.1 Å². The number of carbonyl (C=O) groups is 2. The lowest BCUT2D eigenvalue weighted by molar-refractivity contribution is -0.136. The number of urea groups is 1. The van der Waals surface area contributed by atoms with E-state index >= 15 is 0 Å². The molecule has 4 N–H and O–H groups in total. The Hall–Kier alpha value is -4.75. The quantitative estimate of drug-likeness (QED) is 0.0831. The number of rotatable bonds is 14. The first-order valence-corrected chi connectivity index (χ1v) is 14.8. The summed E-state index contributed by atoms with van der Waals surface area (Å²) < 4.78 is 29.0. The van der Waals surface area contributed by atoms with Crippen molar-refractivity contribution in [2.45, 2.75) is 32.7 Å². The predicted octanol–water partition coefficient (Wildman–Crippen LogP) is 4.56. The summed E-state index contributed by atoms with van der Waals surface area (Å²) >= 11 is 3.43. The minimum atomic E-state index is -1.17. The van der Waals surface area contributed by atoms with Gasteiger partial charge in [-0.05, 0) is 61.4 Å². The van der Waals surface area contributed by atoms with E-state index in [9.17, 15) is 14.7 Å². The number of amides is 2. The van der Waals surface area contributed by atoms with Crippen LogP contribution in [0.15, 0.2) is 81.5 Å². The molecule has 2 atom stereocenters. The van der Waals surface area contributed by atoms with Gasteiger partial charge in [0, 0.05) is 15.7 Å². The number of allylic oxidation sites excluding steroid dienone is 1. The summed E-state index contributed by atoms with van der Waals surface area (Å²) in [5, 5.41) is 20.0. The van der Waals surface area contributed by atoms with Crippen molar-refractivity contribution < 1.29 is 38.4 Å². The largest absolute Gasteiger partial charge is 0.493 e. The number of hydrogen-bond donors (Lipinski definition) is 4. The molecule has 13 heteroatoms. The molecule has 1 heterocycles. The minimum absolute atomic E-state index is 0.168. The third-order valence-corrected chi connectivity index (χ3v) is 7.15. The highest BCUT2D eigenvalue weighted by Gasteiger charge is 2.32. The number of para-hydroxylation sites is 1. The fourth-order valence-electron chi connectivity index (χ4n) is 4.50. The van der Waals surface area contributed by atoms with E-state index in [0.717, 1.165) is 10.0 Å². The molecule has 0 fully saturated rings. The summed E-state index contributed by atoms with van der Waals surface area (Å²) in [7, 11) is 2.83. The van der Waals surface area contributed by atoms with E-state index < -0.39 is 24.3 Å². The maximum Gasteiger partial charge on any atom is 0.337 e. The Labute approximate surface area is 269 Å². The van der Waals surface area contributed by atoms with Crippen LogP contribution in [0.4, 0.5) is 4.79 Å². The number of halogens is 1. The second-order valence-corrected chi connectivity index (χ2v) is 10.6. The number of carbonyl (C=O) groups excluding carboxylic acids is 2. The molecule has 2 amide bonds. The van der Waals surface area contributed by atoms with Crippen LogP contribution < -0.4 is 35.0 Å². The van der Waals surface area contributed by atoms with Crippen LogP contribution in [0.2, 0.25) is 0 Å². The molecule has 12 nitrogen and oxygen atoms in total. The van der Waals surface area contributed by atoms with Gasteiger partial charge in [-0.3, -0.25) is 5.43 Å². The first-order chi connectivity index (χ1) is 21.7. The zero-order valence-electron chi connectivity index (χ0n) is 25.3.